The fourth-order valence-corrected chi connectivity index (χ4v) is 3.35. The number of hydrogen-bond acceptors (Lipinski definition) is 4. The van der Waals surface area contributed by atoms with E-state index in [0.717, 1.165) is 38.8 Å². The summed E-state index contributed by atoms with van der Waals surface area (Å²) in [4.78, 5) is 8.42. The topological polar surface area (TPSA) is 66.1 Å². The molecular formula is C21H26F4IN5O. The minimum Gasteiger partial charge on any atom is -0.404 e. The van der Waals surface area contributed by atoms with Crippen LogP contribution in [0.15, 0.2) is 47.5 Å². The van der Waals surface area contributed by atoms with Crippen molar-refractivity contribution in [2.75, 3.05) is 42.9 Å². The summed E-state index contributed by atoms with van der Waals surface area (Å²) in [5.41, 5.74) is 6.96. The van der Waals surface area contributed by atoms with Gasteiger partial charge in [-0.15, -0.1) is 37.1 Å². The van der Waals surface area contributed by atoms with Crippen LogP contribution >= 0.6 is 24.0 Å². The molecule has 1 aliphatic rings. The molecule has 1 saturated heterocycles. The Hall–Kier alpha value is -2.28. The fourth-order valence-electron chi connectivity index (χ4n) is 3.35. The van der Waals surface area contributed by atoms with Gasteiger partial charge in [-0.25, -0.2) is 9.38 Å². The molecule has 11 heteroatoms. The van der Waals surface area contributed by atoms with Crippen LogP contribution in [0.5, 0.6) is 5.75 Å². The number of piperazine rings is 1. The lowest BCUT2D eigenvalue weighted by Crippen LogP contribution is -2.46. The maximum Gasteiger partial charge on any atom is 0.573 e. The number of alkyl halides is 3. The summed E-state index contributed by atoms with van der Waals surface area (Å²) < 4.78 is 56.1. The second-order valence-corrected chi connectivity index (χ2v) is 7.08. The summed E-state index contributed by atoms with van der Waals surface area (Å²) in [7, 11) is 0. The molecule has 0 radical (unpaired) electrons. The monoisotopic (exact) mass is 567 g/mol. The molecule has 0 aromatic heterocycles. The number of halogens is 5. The first-order valence-corrected chi connectivity index (χ1v) is 9.92. The molecule has 0 unspecified atom stereocenters. The van der Waals surface area contributed by atoms with E-state index < -0.39 is 12.1 Å². The van der Waals surface area contributed by atoms with E-state index in [2.05, 4.69) is 26.9 Å². The summed E-state index contributed by atoms with van der Waals surface area (Å²) in [6, 6.07) is 10.4. The quantitative estimate of drug-likeness (QED) is 0.235. The number of anilines is 2. The molecule has 2 aromatic carbocycles. The van der Waals surface area contributed by atoms with E-state index >= 15 is 0 Å². The van der Waals surface area contributed by atoms with Gasteiger partial charge in [0.05, 0.1) is 17.9 Å². The number of para-hydroxylation sites is 2. The number of rotatable bonds is 6. The Kier molecular flexibility index (Phi) is 9.37. The molecule has 1 aliphatic heterocycles. The van der Waals surface area contributed by atoms with Gasteiger partial charge in [0, 0.05) is 26.2 Å². The normalized spacial score (nSPS) is 15.3. The Labute approximate surface area is 201 Å². The van der Waals surface area contributed by atoms with Gasteiger partial charge < -0.3 is 25.6 Å². The molecule has 6 nitrogen and oxygen atoms in total. The van der Waals surface area contributed by atoms with Crippen LogP contribution in [0.1, 0.15) is 12.5 Å². The van der Waals surface area contributed by atoms with Gasteiger partial charge in [0.25, 0.3) is 0 Å². The number of guanidine groups is 1. The van der Waals surface area contributed by atoms with Crippen LogP contribution in [-0.4, -0.2) is 49.9 Å². The van der Waals surface area contributed by atoms with Crippen LogP contribution in [0.4, 0.5) is 28.9 Å². The van der Waals surface area contributed by atoms with Crippen molar-refractivity contribution in [2.45, 2.75) is 19.8 Å². The van der Waals surface area contributed by atoms with Crippen molar-refractivity contribution in [1.82, 2.24) is 4.90 Å². The predicted octanol–water partition coefficient (Wildman–Crippen LogP) is 4.41. The van der Waals surface area contributed by atoms with Gasteiger partial charge in [-0.05, 0) is 36.4 Å². The number of hydrogen-bond donors (Lipinski definition) is 2. The highest BCUT2D eigenvalue weighted by molar-refractivity contribution is 14.0. The number of likely N-dealkylation sites (N-methyl/N-ethyl adjacent to an activating group) is 1. The predicted molar refractivity (Wildman–Crippen MR) is 128 cm³/mol. The average molecular weight is 567 g/mol. The number of nitrogens with zero attached hydrogens (tertiary/aromatic N) is 3. The van der Waals surface area contributed by atoms with Gasteiger partial charge in [0.1, 0.15) is 5.82 Å². The van der Waals surface area contributed by atoms with Gasteiger partial charge in [-0.2, -0.15) is 0 Å². The lowest BCUT2D eigenvalue weighted by molar-refractivity contribution is -0.274. The zero-order valence-corrected chi connectivity index (χ0v) is 19.9. The minimum atomic E-state index is -4.83. The third kappa shape index (κ3) is 7.40. The molecule has 1 fully saturated rings. The van der Waals surface area contributed by atoms with Crippen LogP contribution in [0.2, 0.25) is 0 Å². The molecule has 3 rings (SSSR count). The zero-order chi connectivity index (χ0) is 22.4. The van der Waals surface area contributed by atoms with Gasteiger partial charge in [0.2, 0.25) is 0 Å². The lowest BCUT2D eigenvalue weighted by Gasteiger charge is -2.35. The third-order valence-electron chi connectivity index (χ3n) is 4.98. The van der Waals surface area contributed by atoms with Gasteiger partial charge in [-0.3, -0.25) is 0 Å². The van der Waals surface area contributed by atoms with Crippen molar-refractivity contribution in [3.8, 4) is 5.75 Å². The van der Waals surface area contributed by atoms with E-state index in [1.165, 1.54) is 24.3 Å². The van der Waals surface area contributed by atoms with Crippen molar-refractivity contribution in [3.05, 3.63) is 53.8 Å². The number of nitrogens with two attached hydrogens (primary N) is 1. The van der Waals surface area contributed by atoms with Crippen molar-refractivity contribution in [2.24, 2.45) is 10.7 Å². The summed E-state index contributed by atoms with van der Waals surface area (Å²) in [5, 5.41) is 2.59. The molecule has 1 heterocycles. The summed E-state index contributed by atoms with van der Waals surface area (Å²) in [6.07, 6.45) is -4.83. The minimum absolute atomic E-state index is 0. The molecule has 0 spiro atoms. The van der Waals surface area contributed by atoms with E-state index in [-0.39, 0.29) is 48.0 Å². The number of ether oxygens (including phenoxy) is 1. The van der Waals surface area contributed by atoms with Crippen LogP contribution in [0.25, 0.3) is 0 Å². The highest BCUT2D eigenvalue weighted by Gasteiger charge is 2.32. The standard InChI is InChI=1S/C21H25F4N5O.HI/c1-2-29-9-11-30(12-10-29)18-8-7-15(13-16(18)22)14-27-20(26)28-17-5-3-4-6-19(17)31-21(23,24)25;/h3-8,13H,2,9-12,14H2,1H3,(H3,26,27,28);1H. The molecule has 32 heavy (non-hydrogen) atoms. The Morgan fingerprint density at radius 2 is 1.81 bits per heavy atom. The second kappa shape index (κ2) is 11.5. The Morgan fingerprint density at radius 3 is 2.44 bits per heavy atom. The highest BCUT2D eigenvalue weighted by Crippen LogP contribution is 2.29. The maximum absolute atomic E-state index is 14.6. The van der Waals surface area contributed by atoms with Gasteiger partial charge >= 0.3 is 6.36 Å². The largest absolute Gasteiger partial charge is 0.573 e. The number of benzene rings is 2. The molecule has 0 aliphatic carbocycles. The van der Waals surface area contributed by atoms with Crippen LogP contribution < -0.4 is 20.7 Å². The third-order valence-corrected chi connectivity index (χ3v) is 4.98. The van der Waals surface area contributed by atoms with E-state index in [1.54, 1.807) is 12.1 Å². The summed E-state index contributed by atoms with van der Waals surface area (Å²) >= 11 is 0. The van der Waals surface area contributed by atoms with Crippen molar-refractivity contribution in [1.29, 1.82) is 0 Å². The molecule has 176 valence electrons. The van der Waals surface area contributed by atoms with Crippen LogP contribution in [0.3, 0.4) is 0 Å². The Morgan fingerprint density at radius 1 is 1.12 bits per heavy atom. The fraction of sp³-hybridized carbons (Fsp3) is 0.381. The van der Waals surface area contributed by atoms with Gasteiger partial charge in [-0.1, -0.05) is 25.1 Å². The molecule has 2 aromatic rings. The van der Waals surface area contributed by atoms with Crippen molar-refractivity contribution < 1.29 is 22.3 Å². The first-order chi connectivity index (χ1) is 14.7. The first-order valence-electron chi connectivity index (χ1n) is 9.92. The van der Waals surface area contributed by atoms with E-state index in [1.807, 2.05) is 4.90 Å². The first kappa shape index (κ1) is 26.0. The smallest absolute Gasteiger partial charge is 0.404 e. The van der Waals surface area contributed by atoms with E-state index in [9.17, 15) is 17.6 Å². The number of aliphatic imine (C=N–C) groups is 1. The molecular weight excluding hydrogens is 541 g/mol. The molecule has 0 saturated carbocycles. The molecule has 3 N–H and O–H groups in total. The zero-order valence-electron chi connectivity index (χ0n) is 17.5. The van der Waals surface area contributed by atoms with Crippen molar-refractivity contribution >= 4 is 41.3 Å². The van der Waals surface area contributed by atoms with E-state index in [4.69, 9.17) is 5.73 Å². The second-order valence-electron chi connectivity index (χ2n) is 7.08. The lowest BCUT2D eigenvalue weighted by atomic mass is 10.1. The van der Waals surface area contributed by atoms with Crippen LogP contribution in [0, 0.1) is 5.82 Å². The molecule has 0 atom stereocenters. The SMILES string of the molecule is CCN1CCN(c2ccc(CN=C(N)Nc3ccccc3OC(F)(F)F)cc2F)CC1.I. The van der Waals surface area contributed by atoms with Gasteiger partial charge in [0.15, 0.2) is 11.7 Å². The average Bonchev–Trinajstić information content (AvgIpc) is 2.73. The maximum atomic E-state index is 14.6. The molecule has 0 amide bonds. The van der Waals surface area contributed by atoms with E-state index in [0.29, 0.717) is 11.3 Å². The summed E-state index contributed by atoms with van der Waals surface area (Å²) in [5.74, 6) is -0.877. The Bertz CT molecular complexity index is 917. The van der Waals surface area contributed by atoms with Crippen molar-refractivity contribution in [3.63, 3.8) is 0 Å². The highest BCUT2D eigenvalue weighted by atomic mass is 127. The molecule has 0 bridgehead atoms. The Balaban J connectivity index is 0.00000363. The number of nitrogens with one attached hydrogen (secondary N) is 1. The van der Waals surface area contributed by atoms with Crippen LogP contribution in [-0.2, 0) is 6.54 Å². The summed E-state index contributed by atoms with van der Waals surface area (Å²) in [6.45, 7) is 6.47.